The molecule has 0 aliphatic carbocycles. The van der Waals surface area contributed by atoms with Gasteiger partial charge in [-0.3, -0.25) is 4.79 Å². The van der Waals surface area contributed by atoms with Gasteiger partial charge in [0, 0.05) is 11.7 Å². The van der Waals surface area contributed by atoms with Crippen LogP contribution >= 0.6 is 0 Å². The molecule has 0 amide bonds. The molecule has 2 aromatic rings. The summed E-state index contributed by atoms with van der Waals surface area (Å²) in [6.45, 7) is 7.59. The van der Waals surface area contributed by atoms with Crippen LogP contribution in [0.2, 0.25) is 0 Å². The van der Waals surface area contributed by atoms with E-state index in [2.05, 4.69) is 0 Å². The van der Waals surface area contributed by atoms with Gasteiger partial charge in [0.2, 0.25) is 0 Å². The topological polar surface area (TPSA) is 22.0 Å². The van der Waals surface area contributed by atoms with Crippen molar-refractivity contribution >= 4 is 10.8 Å². The summed E-state index contributed by atoms with van der Waals surface area (Å²) in [4.78, 5) is 12.2. The molecule has 0 aliphatic rings. The fraction of sp³-hybridized carbons (Fsp3) is 0.357. The molecule has 1 aromatic heterocycles. The van der Waals surface area contributed by atoms with Gasteiger partial charge < -0.3 is 4.57 Å². The first-order chi connectivity index (χ1) is 7.80. The molecule has 90 valence electrons. The number of pyridine rings is 1. The zero-order chi connectivity index (χ0) is 12.8. The number of hydrogen-bond acceptors (Lipinski definition) is 1. The molecule has 0 spiro atoms. The third-order valence-corrected chi connectivity index (χ3v) is 2.82. The van der Waals surface area contributed by atoms with Crippen LogP contribution in [0.5, 0.6) is 0 Å². The Morgan fingerprint density at radius 1 is 1.24 bits per heavy atom. The zero-order valence-electron chi connectivity index (χ0n) is 10.5. The molecule has 0 unspecified atom stereocenters. The number of nitrogens with zero attached hydrogens (tertiary/aromatic N) is 1. The zero-order valence-corrected chi connectivity index (χ0v) is 10.5. The molecule has 2 rings (SSSR count). The Morgan fingerprint density at radius 2 is 1.88 bits per heavy atom. The lowest BCUT2D eigenvalue weighted by Gasteiger charge is -2.22. The highest BCUT2D eigenvalue weighted by molar-refractivity contribution is 5.82. The van der Waals surface area contributed by atoms with E-state index < -0.39 is 5.82 Å². The Hall–Kier alpha value is -1.64. The Morgan fingerprint density at radius 3 is 2.47 bits per heavy atom. The second-order valence-corrected chi connectivity index (χ2v) is 5.37. The van der Waals surface area contributed by atoms with Gasteiger partial charge in [0.15, 0.2) is 0 Å². The minimum Gasteiger partial charge on any atom is -0.310 e. The molecule has 17 heavy (non-hydrogen) atoms. The number of halogens is 1. The SMILES string of the molecule is Cc1cc(F)c2c(=O)n(C(C)(C)C)ccc2c1. The van der Waals surface area contributed by atoms with Gasteiger partial charge in [-0.2, -0.15) is 0 Å². The van der Waals surface area contributed by atoms with Crippen molar-refractivity contribution in [3.63, 3.8) is 0 Å². The van der Waals surface area contributed by atoms with Crippen LogP contribution in [0.4, 0.5) is 4.39 Å². The largest absolute Gasteiger partial charge is 0.310 e. The van der Waals surface area contributed by atoms with Crippen LogP contribution in [0.1, 0.15) is 26.3 Å². The number of aryl methyl sites for hydroxylation is 1. The third kappa shape index (κ3) is 1.97. The molecule has 0 saturated carbocycles. The molecule has 0 bridgehead atoms. The molecule has 0 atom stereocenters. The maximum Gasteiger partial charge on any atom is 0.261 e. The minimum atomic E-state index is -0.441. The molecule has 1 heterocycles. The van der Waals surface area contributed by atoms with Crippen molar-refractivity contribution in [2.75, 3.05) is 0 Å². The van der Waals surface area contributed by atoms with Crippen molar-refractivity contribution in [1.82, 2.24) is 4.57 Å². The fourth-order valence-corrected chi connectivity index (χ4v) is 2.00. The van der Waals surface area contributed by atoms with E-state index in [0.717, 1.165) is 5.56 Å². The molecule has 0 radical (unpaired) electrons. The van der Waals surface area contributed by atoms with E-state index in [9.17, 15) is 9.18 Å². The summed E-state index contributed by atoms with van der Waals surface area (Å²) in [6, 6.07) is 5.02. The van der Waals surface area contributed by atoms with Crippen molar-refractivity contribution in [1.29, 1.82) is 0 Å². The maximum absolute atomic E-state index is 13.9. The van der Waals surface area contributed by atoms with Crippen LogP contribution < -0.4 is 5.56 Å². The first kappa shape index (κ1) is 11.8. The third-order valence-electron chi connectivity index (χ3n) is 2.82. The summed E-state index contributed by atoms with van der Waals surface area (Å²) < 4.78 is 15.4. The van der Waals surface area contributed by atoms with E-state index >= 15 is 0 Å². The van der Waals surface area contributed by atoms with Crippen LogP contribution in [0, 0.1) is 12.7 Å². The molecular formula is C14H16FNO. The van der Waals surface area contributed by atoms with Gasteiger partial charge in [-0.05, 0) is 50.8 Å². The fourth-order valence-electron chi connectivity index (χ4n) is 2.00. The second kappa shape index (κ2) is 3.69. The van der Waals surface area contributed by atoms with E-state index in [0.29, 0.717) is 5.39 Å². The van der Waals surface area contributed by atoms with E-state index in [-0.39, 0.29) is 16.5 Å². The van der Waals surface area contributed by atoms with Crippen LogP contribution in [0.25, 0.3) is 10.8 Å². The number of benzene rings is 1. The van der Waals surface area contributed by atoms with E-state index in [1.54, 1.807) is 16.8 Å². The summed E-state index contributed by atoms with van der Waals surface area (Å²) in [7, 11) is 0. The standard InChI is InChI=1S/C14H16FNO/c1-9-7-10-5-6-16(14(2,3)4)13(17)12(10)11(15)8-9/h5-8H,1-4H3. The van der Waals surface area contributed by atoms with Crippen LogP contribution in [-0.4, -0.2) is 4.57 Å². The normalized spacial score (nSPS) is 12.1. The lowest BCUT2D eigenvalue weighted by molar-refractivity contribution is 0.386. The first-order valence-electron chi connectivity index (χ1n) is 5.63. The molecule has 0 fully saturated rings. The van der Waals surface area contributed by atoms with Crippen molar-refractivity contribution in [2.24, 2.45) is 0 Å². The van der Waals surface area contributed by atoms with Crippen LogP contribution in [0.3, 0.4) is 0 Å². The Labute approximate surface area is 99.7 Å². The Kier molecular flexibility index (Phi) is 2.57. The molecule has 0 saturated heterocycles. The monoisotopic (exact) mass is 233 g/mol. The van der Waals surface area contributed by atoms with Gasteiger partial charge >= 0.3 is 0 Å². The van der Waals surface area contributed by atoms with E-state index in [4.69, 9.17) is 0 Å². The number of rotatable bonds is 0. The summed E-state index contributed by atoms with van der Waals surface area (Å²) in [5.41, 5.74) is 0.207. The highest BCUT2D eigenvalue weighted by atomic mass is 19.1. The Balaban J connectivity index is 2.90. The molecular weight excluding hydrogens is 217 g/mol. The Bertz CT molecular complexity index is 635. The predicted molar refractivity (Wildman–Crippen MR) is 67.9 cm³/mol. The van der Waals surface area contributed by atoms with E-state index in [1.165, 1.54) is 6.07 Å². The highest BCUT2D eigenvalue weighted by Gasteiger charge is 2.17. The number of aromatic nitrogens is 1. The molecule has 1 aromatic carbocycles. The van der Waals surface area contributed by atoms with Crippen molar-refractivity contribution < 1.29 is 4.39 Å². The minimum absolute atomic E-state index is 0.174. The predicted octanol–water partition coefficient (Wildman–Crippen LogP) is 3.20. The quantitative estimate of drug-likeness (QED) is 0.685. The van der Waals surface area contributed by atoms with Gasteiger partial charge in [-0.15, -0.1) is 0 Å². The average Bonchev–Trinajstić information content (AvgIpc) is 2.14. The lowest BCUT2D eigenvalue weighted by atomic mass is 10.1. The maximum atomic E-state index is 13.9. The number of fused-ring (bicyclic) bond motifs is 1. The van der Waals surface area contributed by atoms with Gasteiger partial charge in [0.25, 0.3) is 5.56 Å². The summed E-state index contributed by atoms with van der Waals surface area (Å²) >= 11 is 0. The lowest BCUT2D eigenvalue weighted by Crippen LogP contribution is -2.33. The van der Waals surface area contributed by atoms with E-state index in [1.807, 2.05) is 33.8 Å². The molecule has 2 nitrogen and oxygen atoms in total. The first-order valence-corrected chi connectivity index (χ1v) is 5.63. The molecule has 0 aliphatic heterocycles. The summed E-state index contributed by atoms with van der Waals surface area (Å²) in [5, 5.41) is 0.834. The number of hydrogen-bond donors (Lipinski definition) is 0. The average molecular weight is 233 g/mol. The van der Waals surface area contributed by atoms with Crippen LogP contribution in [0.15, 0.2) is 29.2 Å². The molecule has 3 heteroatoms. The van der Waals surface area contributed by atoms with Gasteiger partial charge in [-0.25, -0.2) is 4.39 Å². The van der Waals surface area contributed by atoms with Gasteiger partial charge in [0.05, 0.1) is 5.39 Å². The summed E-state index contributed by atoms with van der Waals surface area (Å²) in [6.07, 6.45) is 1.73. The highest BCUT2D eigenvalue weighted by Crippen LogP contribution is 2.19. The van der Waals surface area contributed by atoms with Crippen molar-refractivity contribution in [3.8, 4) is 0 Å². The smallest absolute Gasteiger partial charge is 0.261 e. The summed E-state index contributed by atoms with van der Waals surface area (Å²) in [5.74, 6) is -0.441. The van der Waals surface area contributed by atoms with Crippen molar-refractivity contribution in [2.45, 2.75) is 33.2 Å². The molecule has 0 N–H and O–H groups in total. The van der Waals surface area contributed by atoms with Gasteiger partial charge in [-0.1, -0.05) is 6.07 Å². The van der Waals surface area contributed by atoms with Gasteiger partial charge in [0.1, 0.15) is 5.82 Å². The van der Waals surface area contributed by atoms with Crippen LogP contribution in [-0.2, 0) is 5.54 Å². The second-order valence-electron chi connectivity index (χ2n) is 5.37. The van der Waals surface area contributed by atoms with Crippen molar-refractivity contribution in [3.05, 3.63) is 46.1 Å².